The molecule has 1 aromatic carbocycles. The van der Waals surface area contributed by atoms with Crippen molar-refractivity contribution in [2.24, 2.45) is 0 Å². The van der Waals surface area contributed by atoms with Crippen molar-refractivity contribution in [2.75, 3.05) is 13.7 Å². The summed E-state index contributed by atoms with van der Waals surface area (Å²) in [7, 11) is 1.21. The topological polar surface area (TPSA) is 65.1 Å². The van der Waals surface area contributed by atoms with Crippen LogP contribution in [0.15, 0.2) is 24.3 Å². The molecule has 2 atom stereocenters. The van der Waals surface area contributed by atoms with E-state index in [-0.39, 0.29) is 18.7 Å². The highest BCUT2D eigenvalue weighted by molar-refractivity contribution is 5.82. The largest absolute Gasteiger partial charge is 0.488 e. The lowest BCUT2D eigenvalue weighted by Crippen LogP contribution is -2.44. The summed E-state index contributed by atoms with van der Waals surface area (Å²) in [5, 5.41) is 0. The Bertz CT molecular complexity index is 682. The molecule has 1 aliphatic heterocycles. The third kappa shape index (κ3) is 5.51. The highest BCUT2D eigenvalue weighted by Gasteiger charge is 2.43. The number of esters is 1. The maximum Gasteiger partial charge on any atom is 0.416 e. The number of benzene rings is 1. The van der Waals surface area contributed by atoms with Gasteiger partial charge >= 0.3 is 18.2 Å². The predicted molar refractivity (Wildman–Crippen MR) is 89.2 cm³/mol. The first-order chi connectivity index (χ1) is 12.4. The number of methoxy groups -OCH3 is 1. The number of hydrogen-bond acceptors (Lipinski definition) is 5. The molecule has 0 bridgehead atoms. The molecule has 0 spiro atoms. The molecular formula is C18H22F3NO5. The minimum atomic E-state index is -4.44. The average molecular weight is 389 g/mol. The van der Waals surface area contributed by atoms with Crippen LogP contribution in [0.25, 0.3) is 0 Å². The fraction of sp³-hybridized carbons (Fsp3) is 0.556. The fourth-order valence-electron chi connectivity index (χ4n) is 2.68. The minimum Gasteiger partial charge on any atom is -0.488 e. The summed E-state index contributed by atoms with van der Waals surface area (Å²) in [5.41, 5.74) is -1.53. The lowest BCUT2D eigenvalue weighted by Gasteiger charge is -2.27. The fourth-order valence-corrected chi connectivity index (χ4v) is 2.68. The van der Waals surface area contributed by atoms with Crippen molar-refractivity contribution in [2.45, 2.75) is 51.1 Å². The summed E-state index contributed by atoms with van der Waals surface area (Å²) in [4.78, 5) is 25.6. The van der Waals surface area contributed by atoms with E-state index in [9.17, 15) is 22.8 Å². The van der Waals surface area contributed by atoms with Gasteiger partial charge in [-0.15, -0.1) is 0 Å². The standard InChI is InChI=1S/C18H22F3NO5/c1-17(2,3)27-16(24)22-10-13(9-14(22)15(23)25-4)26-12-7-5-11(6-8-12)18(19,20)21/h5-8,13-14H,9-10H2,1-4H3/t13-,14+/m1/s1. The second-order valence-electron chi connectivity index (χ2n) is 7.17. The first-order valence-corrected chi connectivity index (χ1v) is 8.32. The minimum absolute atomic E-state index is 0.0513. The van der Waals surface area contributed by atoms with Crippen molar-refractivity contribution in [1.29, 1.82) is 0 Å². The van der Waals surface area contributed by atoms with Crippen LogP contribution in [-0.4, -0.2) is 48.4 Å². The Morgan fingerprint density at radius 3 is 2.19 bits per heavy atom. The highest BCUT2D eigenvalue weighted by atomic mass is 19.4. The lowest BCUT2D eigenvalue weighted by molar-refractivity contribution is -0.145. The van der Waals surface area contributed by atoms with Crippen LogP contribution in [-0.2, 0) is 20.4 Å². The van der Waals surface area contributed by atoms with Gasteiger partial charge in [0.25, 0.3) is 0 Å². The lowest BCUT2D eigenvalue weighted by atomic mass is 10.2. The number of likely N-dealkylation sites (tertiary alicyclic amines) is 1. The Morgan fingerprint density at radius 2 is 1.70 bits per heavy atom. The van der Waals surface area contributed by atoms with Gasteiger partial charge in [-0.1, -0.05) is 0 Å². The van der Waals surface area contributed by atoms with Crippen LogP contribution in [0.2, 0.25) is 0 Å². The maximum absolute atomic E-state index is 12.6. The number of carbonyl (C=O) groups is 2. The van der Waals surface area contributed by atoms with Crippen LogP contribution < -0.4 is 4.74 Å². The monoisotopic (exact) mass is 389 g/mol. The van der Waals surface area contributed by atoms with E-state index in [1.807, 2.05) is 0 Å². The van der Waals surface area contributed by atoms with Crippen molar-refractivity contribution < 1.29 is 37.0 Å². The molecule has 0 unspecified atom stereocenters. The predicted octanol–water partition coefficient (Wildman–Crippen LogP) is 3.64. The number of nitrogens with zero attached hydrogens (tertiary/aromatic N) is 1. The summed E-state index contributed by atoms with van der Waals surface area (Å²) < 4.78 is 53.6. The molecule has 6 nitrogen and oxygen atoms in total. The normalized spacial score (nSPS) is 20.3. The molecular weight excluding hydrogens is 367 g/mol. The summed E-state index contributed by atoms with van der Waals surface area (Å²) in [6.07, 6.45) is -5.56. The third-order valence-corrected chi connectivity index (χ3v) is 3.85. The third-order valence-electron chi connectivity index (χ3n) is 3.85. The summed E-state index contributed by atoms with van der Waals surface area (Å²) >= 11 is 0. The van der Waals surface area contributed by atoms with Crippen molar-refractivity contribution >= 4 is 12.1 Å². The molecule has 2 rings (SSSR count). The van der Waals surface area contributed by atoms with E-state index in [4.69, 9.17) is 14.2 Å². The number of carbonyl (C=O) groups excluding carboxylic acids is 2. The SMILES string of the molecule is COC(=O)[C@@H]1C[C@@H](Oc2ccc(C(F)(F)F)cc2)CN1C(=O)OC(C)(C)C. The van der Waals surface area contributed by atoms with Crippen LogP contribution in [0.1, 0.15) is 32.8 Å². The number of amides is 1. The van der Waals surface area contributed by atoms with Gasteiger partial charge in [0.15, 0.2) is 0 Å². The van der Waals surface area contributed by atoms with Crippen molar-refractivity contribution in [1.82, 2.24) is 4.90 Å². The van der Waals surface area contributed by atoms with E-state index in [1.165, 1.54) is 24.1 Å². The zero-order chi connectivity index (χ0) is 20.4. The molecule has 1 saturated heterocycles. The molecule has 1 aromatic rings. The molecule has 27 heavy (non-hydrogen) atoms. The summed E-state index contributed by atoms with van der Waals surface area (Å²) in [5.74, 6) is -0.401. The average Bonchev–Trinajstić information content (AvgIpc) is 2.96. The van der Waals surface area contributed by atoms with Gasteiger partial charge in [0.1, 0.15) is 23.5 Å². The molecule has 0 radical (unpaired) electrons. The Labute approximate surface area is 155 Å². The first-order valence-electron chi connectivity index (χ1n) is 8.32. The van der Waals surface area contributed by atoms with E-state index in [0.29, 0.717) is 0 Å². The molecule has 1 fully saturated rings. The van der Waals surface area contributed by atoms with Gasteiger partial charge in [0.2, 0.25) is 0 Å². The molecule has 0 N–H and O–H groups in total. The van der Waals surface area contributed by atoms with Crippen LogP contribution in [0, 0.1) is 0 Å². The molecule has 0 aliphatic carbocycles. The Balaban J connectivity index is 2.10. The van der Waals surface area contributed by atoms with Gasteiger partial charge in [0.05, 0.1) is 19.2 Å². The van der Waals surface area contributed by atoms with Gasteiger partial charge in [-0.05, 0) is 45.0 Å². The van der Waals surface area contributed by atoms with E-state index in [2.05, 4.69) is 0 Å². The molecule has 1 amide bonds. The van der Waals surface area contributed by atoms with Gasteiger partial charge in [0, 0.05) is 6.42 Å². The van der Waals surface area contributed by atoms with E-state index >= 15 is 0 Å². The highest BCUT2D eigenvalue weighted by Crippen LogP contribution is 2.31. The summed E-state index contributed by atoms with van der Waals surface area (Å²) in [6, 6.07) is 3.34. The Morgan fingerprint density at radius 1 is 1.11 bits per heavy atom. The van der Waals surface area contributed by atoms with Crippen molar-refractivity contribution in [3.8, 4) is 5.75 Å². The molecule has 150 valence electrons. The summed E-state index contributed by atoms with van der Waals surface area (Å²) in [6.45, 7) is 5.15. The van der Waals surface area contributed by atoms with Crippen molar-refractivity contribution in [3.63, 3.8) is 0 Å². The molecule has 1 heterocycles. The number of hydrogen-bond donors (Lipinski definition) is 0. The second-order valence-corrected chi connectivity index (χ2v) is 7.17. The number of alkyl halides is 3. The molecule has 9 heteroatoms. The zero-order valence-electron chi connectivity index (χ0n) is 15.5. The number of halogens is 3. The Hall–Kier alpha value is -2.45. The quantitative estimate of drug-likeness (QED) is 0.739. The zero-order valence-corrected chi connectivity index (χ0v) is 15.5. The van der Waals surface area contributed by atoms with E-state index in [1.54, 1.807) is 20.8 Å². The van der Waals surface area contributed by atoms with Gasteiger partial charge < -0.3 is 14.2 Å². The van der Waals surface area contributed by atoms with Gasteiger partial charge in [-0.2, -0.15) is 13.2 Å². The maximum atomic E-state index is 12.6. The number of ether oxygens (including phenoxy) is 3. The van der Waals surface area contributed by atoms with Crippen molar-refractivity contribution in [3.05, 3.63) is 29.8 Å². The molecule has 1 aliphatic rings. The Kier molecular flexibility index (Phi) is 5.91. The van der Waals surface area contributed by atoms with Crippen LogP contribution >= 0.6 is 0 Å². The van der Waals surface area contributed by atoms with Crippen LogP contribution in [0.3, 0.4) is 0 Å². The first kappa shape index (κ1) is 20.9. The van der Waals surface area contributed by atoms with E-state index < -0.39 is 41.5 Å². The number of rotatable bonds is 3. The molecule has 0 saturated carbocycles. The second kappa shape index (κ2) is 7.66. The van der Waals surface area contributed by atoms with E-state index in [0.717, 1.165) is 12.1 Å². The van der Waals surface area contributed by atoms with Crippen LogP contribution in [0.5, 0.6) is 5.75 Å². The van der Waals surface area contributed by atoms with Gasteiger partial charge in [-0.3, -0.25) is 4.90 Å². The smallest absolute Gasteiger partial charge is 0.416 e. The van der Waals surface area contributed by atoms with Crippen LogP contribution in [0.4, 0.5) is 18.0 Å². The molecule has 0 aromatic heterocycles. The van der Waals surface area contributed by atoms with Gasteiger partial charge in [-0.25, -0.2) is 9.59 Å².